The van der Waals surface area contributed by atoms with Gasteiger partial charge in [-0.1, -0.05) is 11.6 Å². The molecule has 3 nitrogen and oxygen atoms in total. The largest absolute Gasteiger partial charge is 0.332 e. The van der Waals surface area contributed by atoms with Crippen molar-refractivity contribution in [2.45, 2.75) is 4.90 Å². The molecular formula is C7H3ClFNO2S. The van der Waals surface area contributed by atoms with E-state index in [0.717, 1.165) is 18.2 Å². The highest BCUT2D eigenvalue weighted by Gasteiger charge is 2.13. The highest BCUT2D eigenvalue weighted by molar-refractivity contribution is 7.86. The monoisotopic (exact) mass is 219 g/mol. The SMILES string of the molecule is N#Cc1ccc(S(=O)(=O)F)cc1Cl. The molecule has 0 aliphatic carbocycles. The number of hydrogen-bond donors (Lipinski definition) is 0. The third-order valence-electron chi connectivity index (χ3n) is 1.34. The van der Waals surface area contributed by atoms with Crippen molar-refractivity contribution in [3.8, 4) is 6.07 Å². The zero-order valence-electron chi connectivity index (χ0n) is 6.16. The number of nitriles is 1. The molecule has 6 heteroatoms. The maximum atomic E-state index is 12.4. The smallest absolute Gasteiger partial charge is 0.192 e. The molecular weight excluding hydrogens is 217 g/mol. The summed E-state index contributed by atoms with van der Waals surface area (Å²) in [5.41, 5.74) is 0.106. The summed E-state index contributed by atoms with van der Waals surface area (Å²) < 4.78 is 33.1. The topological polar surface area (TPSA) is 57.9 Å². The molecule has 0 saturated carbocycles. The number of hydrogen-bond acceptors (Lipinski definition) is 3. The Hall–Kier alpha value is -1.12. The summed E-state index contributed by atoms with van der Waals surface area (Å²) in [5.74, 6) is 0. The van der Waals surface area contributed by atoms with Crippen molar-refractivity contribution in [2.24, 2.45) is 0 Å². The first-order chi connectivity index (χ1) is 5.95. The van der Waals surface area contributed by atoms with E-state index in [1.54, 1.807) is 6.07 Å². The second kappa shape index (κ2) is 3.32. The average Bonchev–Trinajstić information content (AvgIpc) is 2.02. The Bertz CT molecular complexity index is 478. The molecule has 0 aromatic heterocycles. The Balaban J connectivity index is 3.36. The number of rotatable bonds is 1. The van der Waals surface area contributed by atoms with Gasteiger partial charge in [-0.2, -0.15) is 13.7 Å². The quantitative estimate of drug-likeness (QED) is 0.678. The summed E-state index contributed by atoms with van der Waals surface area (Å²) >= 11 is 5.48. The van der Waals surface area contributed by atoms with Crippen molar-refractivity contribution in [1.82, 2.24) is 0 Å². The summed E-state index contributed by atoms with van der Waals surface area (Å²) in [4.78, 5) is -0.545. The van der Waals surface area contributed by atoms with Crippen molar-refractivity contribution < 1.29 is 12.3 Å². The van der Waals surface area contributed by atoms with Crippen LogP contribution in [0.15, 0.2) is 23.1 Å². The van der Waals surface area contributed by atoms with Crippen LogP contribution in [0.3, 0.4) is 0 Å². The molecule has 1 aromatic rings. The first-order valence-corrected chi connectivity index (χ1v) is 4.85. The molecule has 0 amide bonds. The second-order valence-electron chi connectivity index (χ2n) is 2.19. The lowest BCUT2D eigenvalue weighted by Crippen LogP contribution is -1.92. The third-order valence-corrected chi connectivity index (χ3v) is 2.47. The average molecular weight is 220 g/mol. The second-order valence-corrected chi connectivity index (χ2v) is 3.95. The third kappa shape index (κ3) is 2.17. The van der Waals surface area contributed by atoms with Crippen molar-refractivity contribution in [1.29, 1.82) is 5.26 Å². The van der Waals surface area contributed by atoms with Gasteiger partial charge in [-0.25, -0.2) is 0 Å². The van der Waals surface area contributed by atoms with Gasteiger partial charge in [0.2, 0.25) is 0 Å². The van der Waals surface area contributed by atoms with Crippen molar-refractivity contribution in [3.63, 3.8) is 0 Å². The molecule has 0 unspecified atom stereocenters. The molecule has 0 bridgehead atoms. The molecule has 0 fully saturated rings. The summed E-state index contributed by atoms with van der Waals surface area (Å²) in [5, 5.41) is 8.35. The van der Waals surface area contributed by atoms with Gasteiger partial charge in [-0.05, 0) is 18.2 Å². The Morgan fingerprint density at radius 3 is 2.46 bits per heavy atom. The van der Waals surface area contributed by atoms with Crippen LogP contribution in [0, 0.1) is 11.3 Å². The van der Waals surface area contributed by atoms with Crippen LogP contribution < -0.4 is 0 Å². The van der Waals surface area contributed by atoms with Gasteiger partial charge in [0.15, 0.2) is 0 Å². The molecule has 0 atom stereocenters. The lowest BCUT2D eigenvalue weighted by molar-refractivity contribution is 0.552. The molecule has 0 aliphatic rings. The maximum absolute atomic E-state index is 12.4. The first-order valence-electron chi connectivity index (χ1n) is 3.09. The van der Waals surface area contributed by atoms with E-state index in [2.05, 4.69) is 0 Å². The summed E-state index contributed by atoms with van der Waals surface area (Å²) in [6.45, 7) is 0. The molecule has 13 heavy (non-hydrogen) atoms. The minimum absolute atomic E-state index is 0.0822. The van der Waals surface area contributed by atoms with E-state index in [1.165, 1.54) is 0 Å². The Morgan fingerprint density at radius 1 is 1.46 bits per heavy atom. The molecule has 0 radical (unpaired) electrons. The van der Waals surface area contributed by atoms with E-state index in [0.29, 0.717) is 0 Å². The predicted octanol–water partition coefficient (Wildman–Crippen LogP) is 1.87. The summed E-state index contributed by atoms with van der Waals surface area (Å²) in [6, 6.07) is 4.76. The Labute approximate surface area is 79.6 Å². The fourth-order valence-corrected chi connectivity index (χ4v) is 1.51. The predicted molar refractivity (Wildman–Crippen MR) is 44.5 cm³/mol. The standard InChI is InChI=1S/C7H3ClFNO2S/c8-7-3-6(13(9,11)12)2-1-5(7)4-10/h1-3H. The van der Waals surface area contributed by atoms with Crippen molar-refractivity contribution in [2.75, 3.05) is 0 Å². The number of benzene rings is 1. The fraction of sp³-hybridized carbons (Fsp3) is 0. The molecule has 1 rings (SSSR count). The van der Waals surface area contributed by atoms with E-state index >= 15 is 0 Å². The van der Waals surface area contributed by atoms with Gasteiger partial charge in [-0.3, -0.25) is 0 Å². The lowest BCUT2D eigenvalue weighted by atomic mass is 10.2. The first kappa shape index (κ1) is 9.96. The summed E-state index contributed by atoms with van der Waals surface area (Å²) in [6.07, 6.45) is 0. The van der Waals surface area contributed by atoms with Crippen LogP contribution in [-0.4, -0.2) is 8.42 Å². The lowest BCUT2D eigenvalue weighted by Gasteiger charge is -1.96. The van der Waals surface area contributed by atoms with Gasteiger partial charge in [0, 0.05) is 0 Å². The van der Waals surface area contributed by atoms with Crippen LogP contribution in [0.2, 0.25) is 5.02 Å². The molecule has 0 spiro atoms. The van der Waals surface area contributed by atoms with Crippen LogP contribution in [-0.2, 0) is 10.2 Å². The maximum Gasteiger partial charge on any atom is 0.332 e. The van der Waals surface area contributed by atoms with E-state index in [9.17, 15) is 12.3 Å². The minimum Gasteiger partial charge on any atom is -0.192 e. The molecule has 0 N–H and O–H groups in total. The van der Waals surface area contributed by atoms with Crippen molar-refractivity contribution >= 4 is 21.8 Å². The van der Waals surface area contributed by atoms with E-state index in [4.69, 9.17) is 16.9 Å². The Kier molecular flexibility index (Phi) is 2.55. The van der Waals surface area contributed by atoms with Crippen LogP contribution in [0.25, 0.3) is 0 Å². The fourth-order valence-electron chi connectivity index (χ4n) is 0.738. The highest BCUT2D eigenvalue weighted by atomic mass is 35.5. The van der Waals surface area contributed by atoms with Crippen LogP contribution >= 0.6 is 11.6 Å². The van der Waals surface area contributed by atoms with E-state index in [1.807, 2.05) is 0 Å². The minimum atomic E-state index is -4.74. The zero-order chi connectivity index (χ0) is 10.1. The summed E-state index contributed by atoms with van der Waals surface area (Å²) in [7, 11) is -4.74. The van der Waals surface area contributed by atoms with E-state index in [-0.39, 0.29) is 10.6 Å². The van der Waals surface area contributed by atoms with Gasteiger partial charge in [0.05, 0.1) is 10.6 Å². The van der Waals surface area contributed by atoms with Gasteiger partial charge in [-0.15, -0.1) is 3.89 Å². The van der Waals surface area contributed by atoms with Crippen molar-refractivity contribution in [3.05, 3.63) is 28.8 Å². The molecule has 0 heterocycles. The van der Waals surface area contributed by atoms with Gasteiger partial charge < -0.3 is 0 Å². The Morgan fingerprint density at radius 2 is 2.08 bits per heavy atom. The van der Waals surface area contributed by atoms with E-state index < -0.39 is 15.1 Å². The zero-order valence-corrected chi connectivity index (χ0v) is 7.73. The highest BCUT2D eigenvalue weighted by Crippen LogP contribution is 2.21. The van der Waals surface area contributed by atoms with Crippen LogP contribution in [0.1, 0.15) is 5.56 Å². The normalized spacial score (nSPS) is 10.8. The molecule has 0 saturated heterocycles. The molecule has 68 valence electrons. The molecule has 0 aliphatic heterocycles. The number of nitrogens with zero attached hydrogens (tertiary/aromatic N) is 1. The van der Waals surface area contributed by atoms with Gasteiger partial charge in [0.1, 0.15) is 11.0 Å². The molecule has 1 aromatic carbocycles. The van der Waals surface area contributed by atoms with Crippen LogP contribution in [0.4, 0.5) is 3.89 Å². The van der Waals surface area contributed by atoms with Gasteiger partial charge >= 0.3 is 10.2 Å². The van der Waals surface area contributed by atoms with Gasteiger partial charge in [0.25, 0.3) is 0 Å². The van der Waals surface area contributed by atoms with Crippen LogP contribution in [0.5, 0.6) is 0 Å². The number of halogens is 2.